The number of anilines is 1. The fourth-order valence-electron chi connectivity index (χ4n) is 1.75. The molecule has 2 nitrogen and oxygen atoms in total. The van der Waals surface area contributed by atoms with E-state index in [0.717, 1.165) is 12.3 Å². The number of fused-ring (bicyclic) bond motifs is 1. The Labute approximate surface area is 89.7 Å². The maximum Gasteiger partial charge on any atom is 0.119 e. The van der Waals surface area contributed by atoms with E-state index in [-0.39, 0.29) is 5.54 Å². The molecule has 0 bridgehead atoms. The molecule has 0 aliphatic carbocycles. The number of hydrogen-bond donors (Lipinski definition) is 0. The molecule has 0 N–H and O–H groups in total. The van der Waals surface area contributed by atoms with Crippen LogP contribution in [0.3, 0.4) is 0 Å². The minimum Gasteiger partial charge on any atom is -0.364 e. The third kappa shape index (κ3) is 1.73. The van der Waals surface area contributed by atoms with Gasteiger partial charge in [0.25, 0.3) is 0 Å². The highest BCUT2D eigenvalue weighted by atomic mass is 32.2. The molecule has 1 aromatic heterocycles. The molecule has 76 valence electrons. The van der Waals surface area contributed by atoms with Crippen LogP contribution in [-0.2, 0) is 0 Å². The molecule has 0 amide bonds. The van der Waals surface area contributed by atoms with Gasteiger partial charge in [0.1, 0.15) is 5.03 Å². The van der Waals surface area contributed by atoms with Gasteiger partial charge in [0, 0.05) is 24.0 Å². The van der Waals surface area contributed by atoms with Gasteiger partial charge >= 0.3 is 0 Å². The van der Waals surface area contributed by atoms with Crippen molar-refractivity contribution < 1.29 is 0 Å². The zero-order valence-electron chi connectivity index (χ0n) is 8.95. The smallest absolute Gasteiger partial charge is 0.119 e. The first-order valence-corrected chi connectivity index (χ1v) is 5.93. The zero-order valence-corrected chi connectivity index (χ0v) is 9.77. The molecule has 14 heavy (non-hydrogen) atoms. The molecule has 0 unspecified atom stereocenters. The molecule has 3 heteroatoms. The average molecular weight is 208 g/mol. The van der Waals surface area contributed by atoms with E-state index >= 15 is 0 Å². The predicted octanol–water partition coefficient (Wildman–Crippen LogP) is 2.79. The molecule has 0 saturated heterocycles. The summed E-state index contributed by atoms with van der Waals surface area (Å²) in [5, 5.41) is 1.17. The van der Waals surface area contributed by atoms with E-state index in [0.29, 0.717) is 0 Å². The molecule has 1 aliphatic heterocycles. The lowest BCUT2D eigenvalue weighted by molar-refractivity contribution is 0.508. The summed E-state index contributed by atoms with van der Waals surface area (Å²) in [6.45, 7) is 7.87. The van der Waals surface area contributed by atoms with E-state index < -0.39 is 0 Å². The van der Waals surface area contributed by atoms with Crippen LogP contribution in [0.15, 0.2) is 23.4 Å². The molecule has 0 radical (unpaired) electrons. The molecule has 0 atom stereocenters. The highest BCUT2D eigenvalue weighted by Gasteiger charge is 2.26. The number of nitrogens with zero attached hydrogens (tertiary/aromatic N) is 2. The van der Waals surface area contributed by atoms with Crippen molar-refractivity contribution >= 4 is 17.4 Å². The maximum absolute atomic E-state index is 4.40. The minimum absolute atomic E-state index is 0.193. The molecule has 0 aromatic carbocycles. The number of thioether (sulfide) groups is 1. The fraction of sp³-hybridized carbons (Fsp3) is 0.545. The summed E-state index contributed by atoms with van der Waals surface area (Å²) in [7, 11) is 0. The van der Waals surface area contributed by atoms with Gasteiger partial charge in [0.2, 0.25) is 0 Å². The highest BCUT2D eigenvalue weighted by molar-refractivity contribution is 7.99. The van der Waals surface area contributed by atoms with Crippen LogP contribution >= 0.6 is 11.8 Å². The Morgan fingerprint density at radius 3 is 2.93 bits per heavy atom. The van der Waals surface area contributed by atoms with Crippen LogP contribution in [0.2, 0.25) is 0 Å². The van der Waals surface area contributed by atoms with Gasteiger partial charge in [0.05, 0.1) is 5.69 Å². The zero-order chi connectivity index (χ0) is 10.2. The van der Waals surface area contributed by atoms with Crippen LogP contribution in [0.4, 0.5) is 5.69 Å². The second-order valence-corrected chi connectivity index (χ2v) is 5.58. The Balaban J connectivity index is 2.41. The van der Waals surface area contributed by atoms with E-state index in [1.165, 1.54) is 10.7 Å². The van der Waals surface area contributed by atoms with Gasteiger partial charge < -0.3 is 4.90 Å². The van der Waals surface area contributed by atoms with Gasteiger partial charge in [-0.2, -0.15) is 0 Å². The number of hydrogen-bond acceptors (Lipinski definition) is 3. The first-order chi connectivity index (χ1) is 6.59. The summed E-state index contributed by atoms with van der Waals surface area (Å²) in [5.74, 6) is 1.14. The summed E-state index contributed by atoms with van der Waals surface area (Å²) >= 11 is 1.86. The first kappa shape index (κ1) is 9.84. The van der Waals surface area contributed by atoms with Gasteiger partial charge in [-0.05, 0) is 32.9 Å². The van der Waals surface area contributed by atoms with Crippen LogP contribution in [0.5, 0.6) is 0 Å². The molecular formula is C11H16N2S. The van der Waals surface area contributed by atoms with Gasteiger partial charge in [-0.15, -0.1) is 11.8 Å². The summed E-state index contributed by atoms with van der Waals surface area (Å²) in [4.78, 5) is 6.84. The molecule has 0 spiro atoms. The molecule has 0 fully saturated rings. The summed E-state index contributed by atoms with van der Waals surface area (Å²) in [6.07, 6.45) is 1.87. The molecule has 1 aromatic rings. The molecule has 2 rings (SSSR count). The first-order valence-electron chi connectivity index (χ1n) is 4.94. The van der Waals surface area contributed by atoms with Crippen LogP contribution in [0.1, 0.15) is 20.8 Å². The van der Waals surface area contributed by atoms with E-state index in [9.17, 15) is 0 Å². The topological polar surface area (TPSA) is 16.1 Å². The molecule has 1 aliphatic rings. The number of aromatic nitrogens is 1. The van der Waals surface area contributed by atoms with Gasteiger partial charge in [0.15, 0.2) is 0 Å². The van der Waals surface area contributed by atoms with E-state index in [2.05, 4.69) is 36.7 Å². The van der Waals surface area contributed by atoms with Crippen LogP contribution < -0.4 is 4.90 Å². The van der Waals surface area contributed by atoms with Crippen molar-refractivity contribution in [2.24, 2.45) is 0 Å². The normalized spacial score (nSPS) is 16.6. The lowest BCUT2D eigenvalue weighted by atomic mass is 10.1. The van der Waals surface area contributed by atoms with Crippen LogP contribution in [0.25, 0.3) is 0 Å². The van der Waals surface area contributed by atoms with Crippen molar-refractivity contribution in [2.45, 2.75) is 31.3 Å². The van der Waals surface area contributed by atoms with Gasteiger partial charge in [-0.1, -0.05) is 0 Å². The van der Waals surface area contributed by atoms with Gasteiger partial charge in [-0.3, -0.25) is 0 Å². The quantitative estimate of drug-likeness (QED) is 0.652. The van der Waals surface area contributed by atoms with Crippen molar-refractivity contribution in [3.63, 3.8) is 0 Å². The second kappa shape index (κ2) is 3.46. The monoisotopic (exact) mass is 208 g/mol. The second-order valence-electron chi connectivity index (χ2n) is 4.50. The lowest BCUT2D eigenvalue weighted by Crippen LogP contribution is -2.44. The fourth-order valence-corrected chi connectivity index (χ4v) is 2.68. The third-order valence-corrected chi connectivity index (χ3v) is 3.38. The molecule has 2 heterocycles. The summed E-state index contributed by atoms with van der Waals surface area (Å²) < 4.78 is 0. The predicted molar refractivity (Wildman–Crippen MR) is 62.1 cm³/mol. The van der Waals surface area contributed by atoms with E-state index in [1.54, 1.807) is 0 Å². The van der Waals surface area contributed by atoms with Crippen molar-refractivity contribution in [3.05, 3.63) is 18.3 Å². The Morgan fingerprint density at radius 2 is 2.21 bits per heavy atom. The van der Waals surface area contributed by atoms with E-state index in [4.69, 9.17) is 0 Å². The Bertz CT molecular complexity index is 330. The summed E-state index contributed by atoms with van der Waals surface area (Å²) in [6, 6.07) is 4.18. The maximum atomic E-state index is 4.40. The molecule has 0 saturated carbocycles. The summed E-state index contributed by atoms with van der Waals surface area (Å²) in [5.41, 5.74) is 1.48. The van der Waals surface area contributed by atoms with Crippen molar-refractivity contribution in [1.82, 2.24) is 4.98 Å². The van der Waals surface area contributed by atoms with E-state index in [1.807, 2.05) is 24.0 Å². The van der Waals surface area contributed by atoms with Crippen molar-refractivity contribution in [2.75, 3.05) is 17.2 Å². The Hall–Kier alpha value is -0.700. The SMILES string of the molecule is CC(C)(C)N1CCSc2ncccc21. The van der Waals surface area contributed by atoms with Crippen LogP contribution in [-0.4, -0.2) is 22.8 Å². The lowest BCUT2D eigenvalue weighted by Gasteiger charge is -2.40. The Morgan fingerprint density at radius 1 is 1.43 bits per heavy atom. The minimum atomic E-state index is 0.193. The molecular weight excluding hydrogens is 192 g/mol. The van der Waals surface area contributed by atoms with Crippen molar-refractivity contribution in [1.29, 1.82) is 0 Å². The standard InChI is InChI=1S/C11H16N2S/c1-11(2,3)13-7-8-14-10-9(13)5-4-6-12-10/h4-6H,7-8H2,1-3H3. The number of rotatable bonds is 0. The largest absolute Gasteiger partial charge is 0.364 e. The Kier molecular flexibility index (Phi) is 2.43. The highest BCUT2D eigenvalue weighted by Crippen LogP contribution is 2.36. The number of pyridine rings is 1. The average Bonchev–Trinajstić information content (AvgIpc) is 2.15. The van der Waals surface area contributed by atoms with Crippen molar-refractivity contribution in [3.8, 4) is 0 Å². The third-order valence-electron chi connectivity index (χ3n) is 2.41. The van der Waals surface area contributed by atoms with Crippen LogP contribution in [0, 0.1) is 0 Å². The van der Waals surface area contributed by atoms with Gasteiger partial charge in [-0.25, -0.2) is 4.98 Å².